The molecule has 6 nitrogen and oxygen atoms in total. The maximum atomic E-state index is 12.0. The predicted molar refractivity (Wildman–Crippen MR) is 78.7 cm³/mol. The number of nitrogens with zero attached hydrogens (tertiary/aromatic N) is 2. The van der Waals surface area contributed by atoms with Crippen molar-refractivity contribution in [2.45, 2.75) is 17.9 Å². The van der Waals surface area contributed by atoms with Crippen molar-refractivity contribution in [3.63, 3.8) is 0 Å². The molecule has 1 N–H and O–H groups in total. The van der Waals surface area contributed by atoms with Crippen molar-refractivity contribution in [1.82, 2.24) is 14.9 Å². The monoisotopic (exact) mass is 307 g/mol. The molecule has 0 aliphatic heterocycles. The third-order valence-electron chi connectivity index (χ3n) is 2.96. The summed E-state index contributed by atoms with van der Waals surface area (Å²) in [6, 6.07) is 6.03. The van der Waals surface area contributed by atoms with Crippen LogP contribution >= 0.6 is 0 Å². The lowest BCUT2D eigenvalue weighted by Gasteiger charge is -2.07. The molecule has 1 heterocycles. The molecule has 21 heavy (non-hydrogen) atoms. The summed E-state index contributed by atoms with van der Waals surface area (Å²) in [5.41, 5.74) is 0.348. The fraction of sp³-hybridized carbons (Fsp3) is 0.286. The number of rotatable bonds is 6. The lowest BCUT2D eigenvalue weighted by Crippen LogP contribution is -2.25. The van der Waals surface area contributed by atoms with Crippen molar-refractivity contribution in [3.05, 3.63) is 48.5 Å². The Hall–Kier alpha value is -2.15. The van der Waals surface area contributed by atoms with Gasteiger partial charge in [0.15, 0.2) is 9.84 Å². The van der Waals surface area contributed by atoms with Crippen LogP contribution in [-0.4, -0.2) is 36.7 Å². The van der Waals surface area contributed by atoms with Gasteiger partial charge in [-0.25, -0.2) is 13.4 Å². The first-order chi connectivity index (χ1) is 9.97. The molecule has 0 saturated carbocycles. The van der Waals surface area contributed by atoms with Gasteiger partial charge in [0.25, 0.3) is 5.91 Å². The first kappa shape index (κ1) is 15.2. The van der Waals surface area contributed by atoms with Crippen LogP contribution in [0.4, 0.5) is 0 Å². The second-order valence-corrected chi connectivity index (χ2v) is 6.73. The minimum Gasteiger partial charge on any atom is -0.352 e. The molecule has 1 amide bonds. The van der Waals surface area contributed by atoms with Gasteiger partial charge in [-0.1, -0.05) is 6.07 Å². The fourth-order valence-electron chi connectivity index (χ4n) is 1.85. The quantitative estimate of drug-likeness (QED) is 0.811. The second-order valence-electron chi connectivity index (χ2n) is 4.71. The van der Waals surface area contributed by atoms with E-state index in [0.717, 1.165) is 19.2 Å². The Morgan fingerprint density at radius 1 is 1.38 bits per heavy atom. The smallest absolute Gasteiger partial charge is 0.251 e. The largest absolute Gasteiger partial charge is 0.352 e. The normalized spacial score (nSPS) is 11.3. The van der Waals surface area contributed by atoms with E-state index in [0.29, 0.717) is 12.1 Å². The minimum absolute atomic E-state index is 0.147. The van der Waals surface area contributed by atoms with Gasteiger partial charge in [0.05, 0.1) is 11.2 Å². The number of amides is 1. The van der Waals surface area contributed by atoms with Crippen LogP contribution in [0.5, 0.6) is 0 Å². The molecule has 0 radical (unpaired) electrons. The standard InChI is InChI=1S/C14H17N3O3S/c1-21(19,20)13-5-2-4-12(10-13)14(18)16-6-3-8-17-9-7-15-11-17/h2,4-5,7,9-11H,3,6,8H2,1H3,(H,16,18). The number of hydrogen-bond donors (Lipinski definition) is 1. The van der Waals surface area contributed by atoms with Crippen molar-refractivity contribution in [3.8, 4) is 0 Å². The molecule has 0 aliphatic rings. The number of hydrogen-bond acceptors (Lipinski definition) is 4. The van der Waals surface area contributed by atoms with Crippen LogP contribution in [0.15, 0.2) is 47.9 Å². The van der Waals surface area contributed by atoms with Gasteiger partial charge in [-0.15, -0.1) is 0 Å². The Kier molecular flexibility index (Phi) is 4.74. The first-order valence-electron chi connectivity index (χ1n) is 6.51. The van der Waals surface area contributed by atoms with Gasteiger partial charge in [-0.05, 0) is 24.6 Å². The van der Waals surface area contributed by atoms with Crippen molar-refractivity contribution in [2.75, 3.05) is 12.8 Å². The molecule has 0 unspecified atom stereocenters. The highest BCUT2D eigenvalue weighted by Crippen LogP contribution is 2.11. The van der Waals surface area contributed by atoms with Crippen LogP contribution in [0.1, 0.15) is 16.8 Å². The molecule has 0 atom stereocenters. The van der Waals surface area contributed by atoms with Gasteiger partial charge in [0.2, 0.25) is 0 Å². The zero-order chi connectivity index (χ0) is 15.3. The van der Waals surface area contributed by atoms with Gasteiger partial charge in [0, 0.05) is 37.3 Å². The molecule has 112 valence electrons. The lowest BCUT2D eigenvalue weighted by molar-refractivity contribution is 0.0952. The Morgan fingerprint density at radius 2 is 2.19 bits per heavy atom. The highest BCUT2D eigenvalue weighted by Gasteiger charge is 2.11. The topological polar surface area (TPSA) is 81.1 Å². The molecule has 0 aliphatic carbocycles. The average Bonchev–Trinajstić information content (AvgIpc) is 2.96. The Morgan fingerprint density at radius 3 is 2.86 bits per heavy atom. The summed E-state index contributed by atoms with van der Waals surface area (Å²) in [6.07, 6.45) is 7.17. The van der Waals surface area contributed by atoms with Crippen LogP contribution in [0.25, 0.3) is 0 Å². The first-order valence-corrected chi connectivity index (χ1v) is 8.40. The van der Waals surface area contributed by atoms with Gasteiger partial charge in [-0.3, -0.25) is 4.79 Å². The van der Waals surface area contributed by atoms with E-state index in [1.807, 2.05) is 10.8 Å². The molecular formula is C14H17N3O3S. The van der Waals surface area contributed by atoms with Crippen molar-refractivity contribution in [1.29, 1.82) is 0 Å². The molecule has 2 aromatic rings. The molecule has 2 rings (SSSR count). The highest BCUT2D eigenvalue weighted by atomic mass is 32.2. The van der Waals surface area contributed by atoms with Gasteiger partial charge < -0.3 is 9.88 Å². The number of carbonyl (C=O) groups is 1. The predicted octanol–water partition coefficient (Wildman–Crippen LogP) is 1.11. The highest BCUT2D eigenvalue weighted by molar-refractivity contribution is 7.90. The summed E-state index contributed by atoms with van der Waals surface area (Å²) in [4.78, 5) is 16.0. The maximum Gasteiger partial charge on any atom is 0.251 e. The van der Waals surface area contributed by atoms with Gasteiger partial charge in [0.1, 0.15) is 0 Å². The lowest BCUT2D eigenvalue weighted by atomic mass is 10.2. The van der Waals surface area contributed by atoms with E-state index in [1.165, 1.54) is 12.1 Å². The van der Waals surface area contributed by atoms with E-state index < -0.39 is 9.84 Å². The summed E-state index contributed by atoms with van der Waals surface area (Å²) in [5, 5.41) is 2.77. The van der Waals surface area contributed by atoms with Gasteiger partial charge in [-0.2, -0.15) is 0 Å². The van der Waals surface area contributed by atoms with Gasteiger partial charge >= 0.3 is 0 Å². The van der Waals surface area contributed by atoms with E-state index in [-0.39, 0.29) is 10.8 Å². The molecule has 7 heteroatoms. The number of imidazole rings is 1. The summed E-state index contributed by atoms with van der Waals surface area (Å²) < 4.78 is 24.8. The fourth-order valence-corrected chi connectivity index (χ4v) is 2.52. The molecular weight excluding hydrogens is 290 g/mol. The van der Waals surface area contributed by atoms with Crippen LogP contribution in [0.3, 0.4) is 0 Å². The summed E-state index contributed by atoms with van der Waals surface area (Å²) in [7, 11) is -3.30. The number of aromatic nitrogens is 2. The Bertz CT molecular complexity index is 709. The SMILES string of the molecule is CS(=O)(=O)c1cccc(C(=O)NCCCn2ccnc2)c1. The van der Waals surface area contributed by atoms with Crippen LogP contribution in [0.2, 0.25) is 0 Å². The second kappa shape index (κ2) is 6.53. The molecule has 0 bridgehead atoms. The van der Waals surface area contributed by atoms with Crippen molar-refractivity contribution < 1.29 is 13.2 Å². The summed E-state index contributed by atoms with van der Waals surface area (Å²) >= 11 is 0. The number of carbonyl (C=O) groups excluding carboxylic acids is 1. The average molecular weight is 307 g/mol. The van der Waals surface area contributed by atoms with Crippen LogP contribution in [-0.2, 0) is 16.4 Å². The molecule has 1 aromatic carbocycles. The number of nitrogens with one attached hydrogen (secondary N) is 1. The minimum atomic E-state index is -3.30. The summed E-state index contributed by atoms with van der Waals surface area (Å²) in [5.74, 6) is -0.272. The van der Waals surface area contributed by atoms with E-state index in [1.54, 1.807) is 24.7 Å². The van der Waals surface area contributed by atoms with E-state index in [9.17, 15) is 13.2 Å². The van der Waals surface area contributed by atoms with Crippen LogP contribution < -0.4 is 5.32 Å². The zero-order valence-electron chi connectivity index (χ0n) is 11.7. The summed E-state index contributed by atoms with van der Waals surface area (Å²) in [6.45, 7) is 1.28. The van der Waals surface area contributed by atoms with E-state index in [2.05, 4.69) is 10.3 Å². The zero-order valence-corrected chi connectivity index (χ0v) is 12.5. The van der Waals surface area contributed by atoms with Crippen molar-refractivity contribution in [2.24, 2.45) is 0 Å². The third-order valence-corrected chi connectivity index (χ3v) is 4.07. The Labute approximate surface area is 123 Å². The molecule has 0 fully saturated rings. The molecule has 0 spiro atoms. The number of benzene rings is 1. The van der Waals surface area contributed by atoms with E-state index in [4.69, 9.17) is 0 Å². The maximum absolute atomic E-state index is 12.0. The number of aryl methyl sites for hydroxylation is 1. The Balaban J connectivity index is 1.88. The third kappa shape index (κ3) is 4.42. The molecule has 0 saturated heterocycles. The van der Waals surface area contributed by atoms with E-state index >= 15 is 0 Å². The van der Waals surface area contributed by atoms with Crippen molar-refractivity contribution >= 4 is 15.7 Å². The van der Waals surface area contributed by atoms with Crippen LogP contribution in [0, 0.1) is 0 Å². The molecule has 1 aromatic heterocycles. The number of sulfone groups is 1.